The number of carbonyl (C=O) groups is 1. The predicted molar refractivity (Wildman–Crippen MR) is 93.4 cm³/mol. The number of benzene rings is 1. The summed E-state index contributed by atoms with van der Waals surface area (Å²) in [5.41, 5.74) is 1.77. The fourth-order valence-corrected chi connectivity index (χ4v) is 2.99. The van der Waals surface area contributed by atoms with Gasteiger partial charge in [-0.3, -0.25) is 14.5 Å². The quantitative estimate of drug-likeness (QED) is 0.912. The maximum Gasteiger partial charge on any atom is 0.227 e. The molecule has 2 heterocycles. The van der Waals surface area contributed by atoms with Gasteiger partial charge in [-0.15, -0.1) is 0 Å². The first-order valence-corrected chi connectivity index (χ1v) is 8.38. The minimum atomic E-state index is -0.437. The Morgan fingerprint density at radius 2 is 1.92 bits per heavy atom. The predicted octanol–water partition coefficient (Wildman–Crippen LogP) is 1.54. The number of amides is 1. The number of piperazine rings is 1. The molecule has 25 heavy (non-hydrogen) atoms. The zero-order chi connectivity index (χ0) is 17.8. The van der Waals surface area contributed by atoms with Gasteiger partial charge < -0.3 is 14.4 Å². The lowest BCUT2D eigenvalue weighted by Gasteiger charge is -2.34. The monoisotopic (exact) mass is 342 g/mol. The van der Waals surface area contributed by atoms with Crippen LogP contribution in [0.4, 0.5) is 0 Å². The molecular formula is C19H22N2O4. The van der Waals surface area contributed by atoms with Crippen LogP contribution >= 0.6 is 0 Å². The molecule has 6 nitrogen and oxygen atoms in total. The van der Waals surface area contributed by atoms with Crippen molar-refractivity contribution in [3.05, 3.63) is 63.7 Å². The first-order chi connectivity index (χ1) is 12.0. The van der Waals surface area contributed by atoms with Gasteiger partial charge in [-0.25, -0.2) is 0 Å². The van der Waals surface area contributed by atoms with Gasteiger partial charge in [0.2, 0.25) is 11.3 Å². The second kappa shape index (κ2) is 7.53. The van der Waals surface area contributed by atoms with E-state index < -0.39 is 5.43 Å². The van der Waals surface area contributed by atoms with Gasteiger partial charge in [0.15, 0.2) is 5.75 Å². The van der Waals surface area contributed by atoms with Crippen LogP contribution in [0.25, 0.3) is 0 Å². The molecule has 3 rings (SSSR count). The molecular weight excluding hydrogens is 320 g/mol. The highest BCUT2D eigenvalue weighted by Gasteiger charge is 2.22. The van der Waals surface area contributed by atoms with E-state index in [1.54, 1.807) is 0 Å². The lowest BCUT2D eigenvalue weighted by molar-refractivity contribution is -0.132. The van der Waals surface area contributed by atoms with Crippen molar-refractivity contribution in [1.82, 2.24) is 9.80 Å². The third kappa shape index (κ3) is 4.28. The van der Waals surface area contributed by atoms with Crippen LogP contribution in [-0.4, -0.2) is 47.0 Å². The molecule has 0 unspecified atom stereocenters. The summed E-state index contributed by atoms with van der Waals surface area (Å²) in [5.74, 6) is 0.281. The molecule has 1 fully saturated rings. The average Bonchev–Trinajstić information content (AvgIpc) is 2.61. The second-order valence-electron chi connectivity index (χ2n) is 6.36. The van der Waals surface area contributed by atoms with Crippen LogP contribution in [0, 0.1) is 6.92 Å². The summed E-state index contributed by atoms with van der Waals surface area (Å²) >= 11 is 0. The fourth-order valence-electron chi connectivity index (χ4n) is 2.99. The van der Waals surface area contributed by atoms with Crippen LogP contribution in [0.3, 0.4) is 0 Å². The minimum Gasteiger partial charge on any atom is -0.502 e. The van der Waals surface area contributed by atoms with Crippen molar-refractivity contribution >= 4 is 5.91 Å². The van der Waals surface area contributed by atoms with E-state index in [2.05, 4.69) is 4.90 Å². The lowest BCUT2D eigenvalue weighted by Crippen LogP contribution is -2.48. The maximum atomic E-state index is 12.5. The number of nitrogens with zero attached hydrogens (tertiary/aromatic N) is 2. The Morgan fingerprint density at radius 1 is 1.20 bits per heavy atom. The van der Waals surface area contributed by atoms with Crippen molar-refractivity contribution in [3.8, 4) is 5.75 Å². The smallest absolute Gasteiger partial charge is 0.227 e. The zero-order valence-corrected chi connectivity index (χ0v) is 14.3. The van der Waals surface area contributed by atoms with Gasteiger partial charge in [0.05, 0.1) is 13.0 Å². The molecule has 1 saturated heterocycles. The van der Waals surface area contributed by atoms with E-state index in [-0.39, 0.29) is 11.7 Å². The standard InChI is InChI=1S/C19H22N2O4/c1-14-4-2-3-5-15(14)10-19(24)21-8-6-20(7-9-21)12-16-11-17(22)18(23)13-25-16/h2-5,11,13,23H,6-10,12H2,1H3. The Hall–Kier alpha value is -2.60. The Morgan fingerprint density at radius 3 is 2.60 bits per heavy atom. The molecule has 1 aromatic carbocycles. The van der Waals surface area contributed by atoms with Gasteiger partial charge in [-0.1, -0.05) is 24.3 Å². The van der Waals surface area contributed by atoms with Crippen LogP contribution in [0.5, 0.6) is 5.75 Å². The largest absolute Gasteiger partial charge is 0.502 e. The molecule has 0 radical (unpaired) electrons. The topological polar surface area (TPSA) is 74.0 Å². The van der Waals surface area contributed by atoms with Crippen LogP contribution < -0.4 is 5.43 Å². The SMILES string of the molecule is Cc1ccccc1CC(=O)N1CCN(Cc2cc(=O)c(O)co2)CC1. The van der Waals surface area contributed by atoms with Gasteiger partial charge >= 0.3 is 0 Å². The van der Waals surface area contributed by atoms with Gasteiger partial charge in [0.1, 0.15) is 12.0 Å². The third-order valence-corrected chi connectivity index (χ3v) is 4.57. The number of hydrogen-bond acceptors (Lipinski definition) is 5. The van der Waals surface area contributed by atoms with Gasteiger partial charge in [-0.2, -0.15) is 0 Å². The van der Waals surface area contributed by atoms with Crippen molar-refractivity contribution in [1.29, 1.82) is 0 Å². The molecule has 0 aliphatic carbocycles. The summed E-state index contributed by atoms with van der Waals surface area (Å²) in [6.07, 6.45) is 1.50. The molecule has 2 aromatic rings. The van der Waals surface area contributed by atoms with Crippen LogP contribution in [0.15, 0.2) is 45.8 Å². The molecule has 0 spiro atoms. The molecule has 1 aromatic heterocycles. The number of carbonyl (C=O) groups excluding carboxylic acids is 1. The van der Waals surface area contributed by atoms with Crippen molar-refractivity contribution in [2.75, 3.05) is 26.2 Å². The van der Waals surface area contributed by atoms with Crippen molar-refractivity contribution in [2.45, 2.75) is 19.9 Å². The summed E-state index contributed by atoms with van der Waals surface area (Å²) in [6.45, 7) is 5.29. The Kier molecular flexibility index (Phi) is 5.19. The summed E-state index contributed by atoms with van der Waals surface area (Å²) in [7, 11) is 0. The van der Waals surface area contributed by atoms with E-state index in [4.69, 9.17) is 4.42 Å². The maximum absolute atomic E-state index is 12.5. The van der Waals surface area contributed by atoms with Crippen molar-refractivity contribution in [2.24, 2.45) is 0 Å². The van der Waals surface area contributed by atoms with Crippen molar-refractivity contribution < 1.29 is 14.3 Å². The summed E-state index contributed by atoms with van der Waals surface area (Å²) in [4.78, 5) is 27.9. The van der Waals surface area contributed by atoms with Gasteiger partial charge in [0.25, 0.3) is 0 Å². The normalized spacial score (nSPS) is 15.3. The second-order valence-corrected chi connectivity index (χ2v) is 6.36. The molecule has 132 valence electrons. The van der Waals surface area contributed by atoms with Crippen LogP contribution in [0.1, 0.15) is 16.9 Å². The van der Waals surface area contributed by atoms with E-state index in [1.807, 2.05) is 36.1 Å². The van der Waals surface area contributed by atoms with Gasteiger partial charge in [-0.05, 0) is 18.1 Å². The Bertz CT molecular complexity index is 807. The average molecular weight is 342 g/mol. The summed E-state index contributed by atoms with van der Waals surface area (Å²) < 4.78 is 5.24. The molecule has 1 aliphatic heterocycles. The minimum absolute atomic E-state index is 0.144. The van der Waals surface area contributed by atoms with E-state index in [1.165, 1.54) is 6.07 Å². The zero-order valence-electron chi connectivity index (χ0n) is 14.3. The first kappa shape index (κ1) is 17.2. The van der Waals surface area contributed by atoms with Crippen molar-refractivity contribution in [3.63, 3.8) is 0 Å². The number of rotatable bonds is 4. The molecule has 0 saturated carbocycles. The van der Waals surface area contributed by atoms with Gasteiger partial charge in [0, 0.05) is 32.2 Å². The number of aryl methyl sites for hydroxylation is 1. The number of aromatic hydroxyl groups is 1. The summed E-state index contributed by atoms with van der Waals surface area (Å²) in [6, 6.07) is 9.26. The highest BCUT2D eigenvalue weighted by atomic mass is 16.4. The van der Waals surface area contributed by atoms with E-state index in [9.17, 15) is 14.7 Å². The molecule has 1 N–H and O–H groups in total. The summed E-state index contributed by atoms with van der Waals surface area (Å²) in [5, 5.41) is 9.22. The first-order valence-electron chi connectivity index (χ1n) is 8.38. The Balaban J connectivity index is 1.53. The fraction of sp³-hybridized carbons (Fsp3) is 0.368. The van der Waals surface area contributed by atoms with E-state index >= 15 is 0 Å². The molecule has 0 bridgehead atoms. The molecule has 1 aliphatic rings. The molecule has 0 atom stereocenters. The highest BCUT2D eigenvalue weighted by Crippen LogP contribution is 2.13. The third-order valence-electron chi connectivity index (χ3n) is 4.57. The number of hydrogen-bond donors (Lipinski definition) is 1. The lowest BCUT2D eigenvalue weighted by atomic mass is 10.1. The Labute approximate surface area is 146 Å². The van der Waals surface area contributed by atoms with E-state index in [0.717, 1.165) is 30.5 Å². The van der Waals surface area contributed by atoms with Crippen LogP contribution in [-0.2, 0) is 17.8 Å². The van der Waals surface area contributed by atoms with Crippen LogP contribution in [0.2, 0.25) is 0 Å². The molecule has 6 heteroatoms. The van der Waals surface area contributed by atoms with E-state index in [0.29, 0.717) is 31.8 Å². The highest BCUT2D eigenvalue weighted by molar-refractivity contribution is 5.79. The molecule has 1 amide bonds.